The molecule has 126 valence electrons. The molecule has 1 unspecified atom stereocenters. The number of benzene rings is 1. The van der Waals surface area contributed by atoms with E-state index in [2.05, 4.69) is 20.6 Å². The molecular weight excluding hydrogens is 351 g/mol. The Bertz CT molecular complexity index is 839. The summed E-state index contributed by atoms with van der Waals surface area (Å²) in [5.74, 6) is 1.49. The van der Waals surface area contributed by atoms with Crippen molar-refractivity contribution in [3.63, 3.8) is 0 Å². The highest BCUT2D eigenvalue weighted by atomic mass is 35.5. The number of aromatic nitrogens is 3. The van der Waals surface area contributed by atoms with Gasteiger partial charge in [0.2, 0.25) is 0 Å². The average molecular weight is 367 g/mol. The zero-order chi connectivity index (χ0) is 17.3. The van der Waals surface area contributed by atoms with Crippen LogP contribution in [-0.2, 0) is 6.42 Å². The lowest BCUT2D eigenvalue weighted by Crippen LogP contribution is -2.24. The summed E-state index contributed by atoms with van der Waals surface area (Å²) in [6.07, 6.45) is 0.645. The zero-order valence-corrected chi connectivity index (χ0v) is 14.9. The summed E-state index contributed by atoms with van der Waals surface area (Å²) in [6.45, 7) is 3.81. The van der Waals surface area contributed by atoms with Gasteiger partial charge in [-0.25, -0.2) is 0 Å². The fourth-order valence-corrected chi connectivity index (χ4v) is 2.91. The first-order chi connectivity index (χ1) is 11.5. The van der Waals surface area contributed by atoms with E-state index in [0.29, 0.717) is 50.8 Å². The largest absolute Gasteiger partial charge is 0.360 e. The standard InChI is InChI=1S/C16H16Cl2N4O2/c1-8(19-3)7-12-20-16(24-21-12)13-9(2)23-22-15(13)14-10(17)5-4-6-11(14)18/h4-6,8,19H,7H2,1-3H3. The van der Waals surface area contributed by atoms with E-state index in [0.717, 1.165) is 0 Å². The Kier molecular flexibility index (Phi) is 4.89. The molecule has 2 aromatic heterocycles. The lowest BCUT2D eigenvalue weighted by atomic mass is 10.1. The predicted octanol–water partition coefficient (Wildman–Crippen LogP) is 4.16. The van der Waals surface area contributed by atoms with Gasteiger partial charge in [0.25, 0.3) is 5.89 Å². The van der Waals surface area contributed by atoms with Gasteiger partial charge in [-0.3, -0.25) is 0 Å². The number of nitrogens with zero attached hydrogens (tertiary/aromatic N) is 3. The molecule has 0 aliphatic heterocycles. The van der Waals surface area contributed by atoms with Crippen molar-refractivity contribution in [3.05, 3.63) is 39.8 Å². The van der Waals surface area contributed by atoms with Gasteiger partial charge in [-0.05, 0) is 33.0 Å². The molecule has 0 saturated carbocycles. The van der Waals surface area contributed by atoms with Crippen LogP contribution in [-0.4, -0.2) is 28.4 Å². The lowest BCUT2D eigenvalue weighted by Gasteiger charge is -2.05. The number of hydrogen-bond donors (Lipinski definition) is 1. The minimum absolute atomic E-state index is 0.233. The number of aryl methyl sites for hydroxylation is 1. The summed E-state index contributed by atoms with van der Waals surface area (Å²) in [6, 6.07) is 5.48. The lowest BCUT2D eigenvalue weighted by molar-refractivity contribution is 0.396. The molecule has 3 aromatic rings. The van der Waals surface area contributed by atoms with Crippen molar-refractivity contribution in [2.24, 2.45) is 0 Å². The molecule has 0 aliphatic carbocycles. The second kappa shape index (κ2) is 6.93. The summed E-state index contributed by atoms with van der Waals surface area (Å²) in [7, 11) is 1.88. The van der Waals surface area contributed by atoms with Gasteiger partial charge in [0, 0.05) is 18.0 Å². The van der Waals surface area contributed by atoms with Crippen molar-refractivity contribution < 1.29 is 9.05 Å². The maximum Gasteiger partial charge on any atom is 0.263 e. The first-order valence-corrected chi connectivity index (χ1v) is 8.17. The molecule has 0 radical (unpaired) electrons. The van der Waals surface area contributed by atoms with Crippen LogP contribution in [0.1, 0.15) is 18.5 Å². The molecule has 2 heterocycles. The molecule has 3 rings (SSSR count). The van der Waals surface area contributed by atoms with Crippen molar-refractivity contribution >= 4 is 23.2 Å². The summed E-state index contributed by atoms with van der Waals surface area (Å²) in [4.78, 5) is 4.44. The third kappa shape index (κ3) is 3.17. The maximum absolute atomic E-state index is 6.28. The van der Waals surface area contributed by atoms with E-state index in [-0.39, 0.29) is 6.04 Å². The van der Waals surface area contributed by atoms with Crippen molar-refractivity contribution in [3.8, 4) is 22.7 Å². The minimum atomic E-state index is 0.233. The molecule has 1 aromatic carbocycles. The number of likely N-dealkylation sites (N-methyl/N-ethyl adjacent to an activating group) is 1. The van der Waals surface area contributed by atoms with Gasteiger partial charge in [-0.2, -0.15) is 4.98 Å². The third-order valence-electron chi connectivity index (χ3n) is 3.73. The molecular formula is C16H16Cl2N4O2. The summed E-state index contributed by atoms with van der Waals surface area (Å²) >= 11 is 12.6. The Morgan fingerprint density at radius 3 is 2.50 bits per heavy atom. The first kappa shape index (κ1) is 17.0. The predicted molar refractivity (Wildman–Crippen MR) is 92.2 cm³/mol. The van der Waals surface area contributed by atoms with Gasteiger partial charge in [0.05, 0.1) is 10.0 Å². The Hall–Kier alpha value is -1.89. The molecule has 24 heavy (non-hydrogen) atoms. The number of hydrogen-bond acceptors (Lipinski definition) is 6. The Morgan fingerprint density at radius 1 is 1.12 bits per heavy atom. The van der Waals surface area contributed by atoms with Gasteiger partial charge in [0.1, 0.15) is 17.0 Å². The van der Waals surface area contributed by atoms with E-state index in [1.807, 2.05) is 14.0 Å². The van der Waals surface area contributed by atoms with Crippen molar-refractivity contribution in [1.29, 1.82) is 0 Å². The minimum Gasteiger partial charge on any atom is -0.360 e. The normalized spacial score (nSPS) is 12.5. The Labute approximate surface area is 149 Å². The molecule has 0 spiro atoms. The highest BCUT2D eigenvalue weighted by molar-refractivity contribution is 6.39. The fourth-order valence-electron chi connectivity index (χ4n) is 2.33. The van der Waals surface area contributed by atoms with Gasteiger partial charge in [-0.15, -0.1) is 0 Å². The molecule has 0 bridgehead atoms. The van der Waals surface area contributed by atoms with Crippen LogP contribution in [0.15, 0.2) is 27.2 Å². The molecule has 8 heteroatoms. The number of halogens is 2. The van der Waals surface area contributed by atoms with Gasteiger partial charge >= 0.3 is 0 Å². The topological polar surface area (TPSA) is 77.0 Å². The Balaban J connectivity index is 2.06. The molecule has 0 aliphatic rings. The zero-order valence-electron chi connectivity index (χ0n) is 13.4. The fraction of sp³-hybridized carbons (Fsp3) is 0.312. The SMILES string of the molecule is CNC(C)Cc1noc(-c2c(-c3c(Cl)cccc3Cl)noc2C)n1. The molecule has 6 nitrogen and oxygen atoms in total. The summed E-state index contributed by atoms with van der Waals surface area (Å²) < 4.78 is 10.7. The van der Waals surface area contributed by atoms with Crippen LogP contribution in [0.5, 0.6) is 0 Å². The Morgan fingerprint density at radius 2 is 1.83 bits per heavy atom. The molecule has 0 fully saturated rings. The van der Waals surface area contributed by atoms with Crippen LogP contribution in [0.2, 0.25) is 10.0 Å². The van der Waals surface area contributed by atoms with E-state index >= 15 is 0 Å². The van der Waals surface area contributed by atoms with Crippen molar-refractivity contribution in [2.45, 2.75) is 26.3 Å². The van der Waals surface area contributed by atoms with Crippen LogP contribution in [0.25, 0.3) is 22.7 Å². The monoisotopic (exact) mass is 366 g/mol. The van der Waals surface area contributed by atoms with E-state index in [4.69, 9.17) is 32.2 Å². The number of nitrogens with one attached hydrogen (secondary N) is 1. The molecule has 0 saturated heterocycles. The quantitative estimate of drug-likeness (QED) is 0.730. The maximum atomic E-state index is 6.28. The smallest absolute Gasteiger partial charge is 0.263 e. The summed E-state index contributed by atoms with van der Waals surface area (Å²) in [5, 5.41) is 12.2. The molecule has 1 atom stereocenters. The molecule has 0 amide bonds. The van der Waals surface area contributed by atoms with Crippen LogP contribution in [0.4, 0.5) is 0 Å². The second-order valence-corrected chi connectivity index (χ2v) is 6.28. The van der Waals surface area contributed by atoms with Crippen LogP contribution in [0, 0.1) is 6.92 Å². The third-order valence-corrected chi connectivity index (χ3v) is 4.36. The van der Waals surface area contributed by atoms with Crippen molar-refractivity contribution in [2.75, 3.05) is 7.05 Å². The van der Waals surface area contributed by atoms with E-state index in [9.17, 15) is 0 Å². The highest BCUT2D eigenvalue weighted by Gasteiger charge is 2.25. The second-order valence-electron chi connectivity index (χ2n) is 5.47. The molecule has 1 N–H and O–H groups in total. The highest BCUT2D eigenvalue weighted by Crippen LogP contribution is 2.40. The average Bonchev–Trinajstić information content (AvgIpc) is 3.14. The van der Waals surface area contributed by atoms with E-state index in [1.54, 1.807) is 25.1 Å². The van der Waals surface area contributed by atoms with Crippen LogP contribution >= 0.6 is 23.2 Å². The first-order valence-electron chi connectivity index (χ1n) is 7.42. The number of rotatable bonds is 5. The van der Waals surface area contributed by atoms with Gasteiger partial charge < -0.3 is 14.4 Å². The van der Waals surface area contributed by atoms with Crippen LogP contribution < -0.4 is 5.32 Å². The van der Waals surface area contributed by atoms with Crippen molar-refractivity contribution in [1.82, 2.24) is 20.6 Å². The van der Waals surface area contributed by atoms with E-state index in [1.165, 1.54) is 0 Å². The van der Waals surface area contributed by atoms with Gasteiger partial charge in [-0.1, -0.05) is 39.6 Å². The van der Waals surface area contributed by atoms with Crippen LogP contribution in [0.3, 0.4) is 0 Å². The summed E-state index contributed by atoms with van der Waals surface area (Å²) in [5.41, 5.74) is 1.66. The van der Waals surface area contributed by atoms with E-state index < -0.39 is 0 Å². The van der Waals surface area contributed by atoms with Gasteiger partial charge in [0.15, 0.2) is 5.82 Å².